The molecule has 0 N–H and O–H groups in total. The number of aromatic nitrogens is 1. The standard InChI is InChI=1S/C28H31N3O3/c1-4-33-26-8-6-5-7-23(26)29-13-15-30(16-14-29)28(32)25-18-27-24(17-21(3)34-27)31(25)19-22-11-9-20(2)10-12-22/h5-12,17-18H,4,13-16,19H2,1-3H3. The number of rotatable bonds is 6. The van der Waals surface area contributed by atoms with Crippen LogP contribution in [0.25, 0.3) is 11.1 Å². The van der Waals surface area contributed by atoms with Gasteiger partial charge in [0.05, 0.1) is 17.8 Å². The number of carbonyl (C=O) groups excluding carboxylic acids is 1. The Hall–Kier alpha value is -3.67. The van der Waals surface area contributed by atoms with Gasteiger partial charge in [-0.1, -0.05) is 42.0 Å². The third kappa shape index (κ3) is 4.28. The Kier molecular flexibility index (Phi) is 6.05. The summed E-state index contributed by atoms with van der Waals surface area (Å²) in [6.07, 6.45) is 0. The van der Waals surface area contributed by atoms with Crippen molar-refractivity contribution in [2.45, 2.75) is 27.3 Å². The van der Waals surface area contributed by atoms with Crippen LogP contribution in [0.1, 0.15) is 34.3 Å². The van der Waals surface area contributed by atoms with Gasteiger partial charge in [0.15, 0.2) is 5.58 Å². The number of carbonyl (C=O) groups is 1. The van der Waals surface area contributed by atoms with Crippen LogP contribution >= 0.6 is 0 Å². The van der Waals surface area contributed by atoms with E-state index < -0.39 is 0 Å². The molecule has 2 aromatic heterocycles. The first kappa shape index (κ1) is 22.1. The molecule has 1 fully saturated rings. The van der Waals surface area contributed by atoms with Gasteiger partial charge in [-0.05, 0) is 38.5 Å². The van der Waals surface area contributed by atoms with Crippen LogP contribution in [0.15, 0.2) is 65.1 Å². The average molecular weight is 458 g/mol. The summed E-state index contributed by atoms with van der Waals surface area (Å²) >= 11 is 0. The molecule has 0 unspecified atom stereocenters. The number of ether oxygens (including phenoxy) is 1. The molecule has 0 radical (unpaired) electrons. The van der Waals surface area contributed by atoms with E-state index in [1.165, 1.54) is 5.56 Å². The van der Waals surface area contributed by atoms with Crippen molar-refractivity contribution < 1.29 is 13.9 Å². The number of hydrogen-bond donors (Lipinski definition) is 0. The second kappa shape index (κ2) is 9.29. The van der Waals surface area contributed by atoms with Gasteiger partial charge in [-0.25, -0.2) is 0 Å². The molecule has 1 aliphatic rings. The van der Waals surface area contributed by atoms with Crippen molar-refractivity contribution in [1.29, 1.82) is 0 Å². The third-order valence-corrected chi connectivity index (χ3v) is 6.47. The van der Waals surface area contributed by atoms with Crippen LogP contribution < -0.4 is 9.64 Å². The number of amides is 1. The molecule has 6 heteroatoms. The van der Waals surface area contributed by atoms with Crippen LogP contribution in [-0.2, 0) is 6.54 Å². The van der Waals surface area contributed by atoms with E-state index in [0.717, 1.165) is 46.9 Å². The quantitative estimate of drug-likeness (QED) is 0.396. The summed E-state index contributed by atoms with van der Waals surface area (Å²) in [7, 11) is 0. The molecule has 34 heavy (non-hydrogen) atoms. The molecule has 0 atom stereocenters. The fourth-order valence-electron chi connectivity index (χ4n) is 4.70. The van der Waals surface area contributed by atoms with Crippen LogP contribution in [0.2, 0.25) is 0 Å². The lowest BCUT2D eigenvalue weighted by Gasteiger charge is -2.36. The summed E-state index contributed by atoms with van der Waals surface area (Å²) < 4.78 is 13.8. The van der Waals surface area contributed by atoms with Crippen molar-refractivity contribution in [3.8, 4) is 5.75 Å². The second-order valence-electron chi connectivity index (χ2n) is 8.89. The zero-order valence-corrected chi connectivity index (χ0v) is 20.1. The van der Waals surface area contributed by atoms with Gasteiger partial charge >= 0.3 is 0 Å². The van der Waals surface area contributed by atoms with Gasteiger partial charge in [0.25, 0.3) is 5.91 Å². The summed E-state index contributed by atoms with van der Waals surface area (Å²) in [5.74, 6) is 1.80. The molecule has 3 heterocycles. The predicted molar refractivity (Wildman–Crippen MR) is 135 cm³/mol. The first-order chi connectivity index (χ1) is 16.5. The highest BCUT2D eigenvalue weighted by Crippen LogP contribution is 2.30. The van der Waals surface area contributed by atoms with Crippen LogP contribution in [0.3, 0.4) is 0 Å². The molecule has 1 saturated heterocycles. The lowest BCUT2D eigenvalue weighted by atomic mass is 10.1. The molecule has 6 nitrogen and oxygen atoms in total. The Morgan fingerprint density at radius 2 is 1.71 bits per heavy atom. The predicted octanol–water partition coefficient (Wildman–Crippen LogP) is 5.26. The summed E-state index contributed by atoms with van der Waals surface area (Å²) in [6, 6.07) is 20.5. The molecule has 0 saturated carbocycles. The number of hydrogen-bond acceptors (Lipinski definition) is 4. The van der Waals surface area contributed by atoms with Crippen molar-refractivity contribution in [2.75, 3.05) is 37.7 Å². The van der Waals surface area contributed by atoms with E-state index in [1.807, 2.05) is 49.1 Å². The van der Waals surface area contributed by atoms with Crippen molar-refractivity contribution in [1.82, 2.24) is 9.47 Å². The third-order valence-electron chi connectivity index (χ3n) is 6.47. The van der Waals surface area contributed by atoms with E-state index >= 15 is 0 Å². The van der Waals surface area contributed by atoms with E-state index in [2.05, 4.69) is 46.7 Å². The molecular weight excluding hydrogens is 426 g/mol. The Morgan fingerprint density at radius 1 is 0.971 bits per heavy atom. The number of para-hydroxylation sites is 2. The maximum Gasteiger partial charge on any atom is 0.270 e. The SMILES string of the molecule is CCOc1ccccc1N1CCN(C(=O)c2cc3oc(C)cc3n2Cc2ccc(C)cc2)CC1. The number of furan rings is 1. The molecule has 2 aromatic carbocycles. The Bertz CT molecular complexity index is 1290. The van der Waals surface area contributed by atoms with E-state index in [9.17, 15) is 4.79 Å². The highest BCUT2D eigenvalue weighted by molar-refractivity contribution is 5.98. The molecule has 176 valence electrons. The van der Waals surface area contributed by atoms with Crippen molar-refractivity contribution >= 4 is 22.7 Å². The van der Waals surface area contributed by atoms with E-state index in [1.54, 1.807) is 0 Å². The molecule has 1 amide bonds. The van der Waals surface area contributed by atoms with Crippen LogP contribution in [0.5, 0.6) is 5.75 Å². The molecule has 5 rings (SSSR count). The first-order valence-electron chi connectivity index (χ1n) is 11.9. The van der Waals surface area contributed by atoms with Crippen molar-refractivity contribution in [3.63, 3.8) is 0 Å². The van der Waals surface area contributed by atoms with Gasteiger partial charge in [0, 0.05) is 44.9 Å². The summed E-state index contributed by atoms with van der Waals surface area (Å²) in [5.41, 5.74) is 5.88. The largest absolute Gasteiger partial charge is 0.492 e. The lowest BCUT2D eigenvalue weighted by Crippen LogP contribution is -2.49. The Morgan fingerprint density at radius 3 is 2.44 bits per heavy atom. The van der Waals surface area contributed by atoms with E-state index in [0.29, 0.717) is 31.9 Å². The number of piperazine rings is 1. The van der Waals surface area contributed by atoms with Gasteiger partial charge in [-0.3, -0.25) is 4.79 Å². The molecule has 1 aliphatic heterocycles. The summed E-state index contributed by atoms with van der Waals surface area (Å²) in [6.45, 7) is 10.1. The number of aryl methyl sites for hydroxylation is 2. The fourth-order valence-corrected chi connectivity index (χ4v) is 4.70. The fraction of sp³-hybridized carbons (Fsp3) is 0.321. The van der Waals surface area contributed by atoms with Crippen LogP contribution in [0, 0.1) is 13.8 Å². The number of fused-ring (bicyclic) bond motifs is 1. The van der Waals surface area contributed by atoms with Gasteiger partial charge in [0.1, 0.15) is 17.2 Å². The van der Waals surface area contributed by atoms with E-state index in [-0.39, 0.29) is 5.91 Å². The summed E-state index contributed by atoms with van der Waals surface area (Å²) in [4.78, 5) is 17.9. The van der Waals surface area contributed by atoms with Gasteiger partial charge in [-0.15, -0.1) is 0 Å². The minimum atomic E-state index is 0.0499. The van der Waals surface area contributed by atoms with E-state index in [4.69, 9.17) is 9.15 Å². The van der Waals surface area contributed by atoms with Crippen LogP contribution in [-0.4, -0.2) is 48.2 Å². The smallest absolute Gasteiger partial charge is 0.270 e. The molecule has 0 aliphatic carbocycles. The summed E-state index contributed by atoms with van der Waals surface area (Å²) in [5, 5.41) is 0. The molecule has 0 spiro atoms. The highest BCUT2D eigenvalue weighted by atomic mass is 16.5. The maximum atomic E-state index is 13.7. The second-order valence-corrected chi connectivity index (χ2v) is 8.89. The molecule has 0 bridgehead atoms. The highest BCUT2D eigenvalue weighted by Gasteiger charge is 2.27. The maximum absolute atomic E-state index is 13.7. The average Bonchev–Trinajstić information content (AvgIpc) is 3.37. The zero-order chi connectivity index (χ0) is 23.7. The van der Waals surface area contributed by atoms with Gasteiger partial charge in [0.2, 0.25) is 0 Å². The minimum Gasteiger partial charge on any atom is -0.492 e. The Balaban J connectivity index is 1.37. The molecular formula is C28H31N3O3. The van der Waals surface area contributed by atoms with Gasteiger partial charge in [-0.2, -0.15) is 0 Å². The number of anilines is 1. The minimum absolute atomic E-state index is 0.0499. The lowest BCUT2D eigenvalue weighted by molar-refractivity contribution is 0.0736. The Labute approximate surface area is 200 Å². The normalized spacial score (nSPS) is 14.1. The zero-order valence-electron chi connectivity index (χ0n) is 20.1. The monoisotopic (exact) mass is 457 g/mol. The van der Waals surface area contributed by atoms with Gasteiger partial charge < -0.3 is 23.5 Å². The number of nitrogens with zero attached hydrogens (tertiary/aromatic N) is 3. The van der Waals surface area contributed by atoms with Crippen LogP contribution in [0.4, 0.5) is 5.69 Å². The van der Waals surface area contributed by atoms with Crippen molar-refractivity contribution in [2.24, 2.45) is 0 Å². The molecule has 4 aromatic rings. The van der Waals surface area contributed by atoms with Crippen molar-refractivity contribution in [3.05, 3.63) is 83.2 Å². The first-order valence-corrected chi connectivity index (χ1v) is 11.9. The number of benzene rings is 2. The topological polar surface area (TPSA) is 50.9 Å².